The van der Waals surface area contributed by atoms with Crippen LogP contribution in [0.5, 0.6) is 0 Å². The molecule has 0 aromatic carbocycles. The number of aromatic amines is 1. The molecule has 0 spiro atoms. The van der Waals surface area contributed by atoms with Crippen LogP contribution in [0.4, 0.5) is 0 Å². The van der Waals surface area contributed by atoms with E-state index in [2.05, 4.69) is 9.97 Å². The average Bonchev–Trinajstić information content (AvgIpc) is 2.70. The topological polar surface area (TPSA) is 66.0 Å². The predicted octanol–water partition coefficient (Wildman–Crippen LogP) is 2.07. The predicted molar refractivity (Wildman–Crippen MR) is 51.5 cm³/mol. The van der Waals surface area contributed by atoms with Gasteiger partial charge in [-0.3, -0.25) is 0 Å². The zero-order chi connectivity index (χ0) is 10.1. The Bertz CT molecular complexity index is 351. The van der Waals surface area contributed by atoms with E-state index in [9.17, 15) is 4.79 Å². The fourth-order valence-electron chi connectivity index (χ4n) is 2.08. The Morgan fingerprint density at radius 3 is 2.64 bits per heavy atom. The second kappa shape index (κ2) is 3.44. The fraction of sp³-hybridized carbons (Fsp3) is 0.600. The number of nitrogens with zero attached hydrogens (tertiary/aromatic N) is 1. The Morgan fingerprint density at radius 2 is 2.14 bits per heavy atom. The number of hydrogen-bond donors (Lipinski definition) is 2. The van der Waals surface area contributed by atoms with Crippen LogP contribution in [0.2, 0.25) is 0 Å². The van der Waals surface area contributed by atoms with Gasteiger partial charge in [0.25, 0.3) is 0 Å². The van der Waals surface area contributed by atoms with Crippen LogP contribution in [0, 0.1) is 6.92 Å². The molecule has 14 heavy (non-hydrogen) atoms. The molecular weight excluding hydrogens is 180 g/mol. The van der Waals surface area contributed by atoms with Crippen molar-refractivity contribution in [2.24, 2.45) is 0 Å². The number of H-pyrrole nitrogens is 1. The molecule has 2 rings (SSSR count). The number of rotatable bonds is 2. The lowest BCUT2D eigenvalue weighted by atomic mass is 10.1. The van der Waals surface area contributed by atoms with E-state index in [1.54, 1.807) is 6.92 Å². The first-order valence-electron chi connectivity index (χ1n) is 4.98. The molecule has 1 aliphatic carbocycles. The number of carbonyl (C=O) groups is 1. The van der Waals surface area contributed by atoms with Crippen LogP contribution in [0.3, 0.4) is 0 Å². The van der Waals surface area contributed by atoms with Crippen LogP contribution >= 0.6 is 0 Å². The quantitative estimate of drug-likeness (QED) is 0.757. The minimum Gasteiger partial charge on any atom is -0.476 e. The van der Waals surface area contributed by atoms with Crippen molar-refractivity contribution >= 4 is 5.97 Å². The molecule has 0 saturated heterocycles. The maximum absolute atomic E-state index is 10.8. The molecule has 0 aliphatic heterocycles. The number of imidazole rings is 1. The van der Waals surface area contributed by atoms with Gasteiger partial charge >= 0.3 is 5.97 Å². The SMILES string of the molecule is Cc1[nH]c(C2CCCC2)nc1C(=O)O. The smallest absolute Gasteiger partial charge is 0.356 e. The molecule has 0 bridgehead atoms. The number of nitrogens with one attached hydrogen (secondary N) is 1. The molecule has 1 aromatic rings. The molecule has 1 saturated carbocycles. The molecular formula is C10H14N2O2. The molecule has 1 aromatic heterocycles. The molecule has 4 nitrogen and oxygen atoms in total. The van der Waals surface area contributed by atoms with Gasteiger partial charge in [-0.05, 0) is 19.8 Å². The van der Waals surface area contributed by atoms with Crippen molar-refractivity contribution in [3.63, 3.8) is 0 Å². The van der Waals surface area contributed by atoms with Crippen molar-refractivity contribution in [1.29, 1.82) is 0 Å². The Hall–Kier alpha value is -1.32. The summed E-state index contributed by atoms with van der Waals surface area (Å²) < 4.78 is 0. The summed E-state index contributed by atoms with van der Waals surface area (Å²) in [7, 11) is 0. The third-order valence-corrected chi connectivity index (χ3v) is 2.85. The molecule has 0 amide bonds. The lowest BCUT2D eigenvalue weighted by Gasteiger charge is -2.02. The first kappa shape index (κ1) is 9.24. The summed E-state index contributed by atoms with van der Waals surface area (Å²) in [4.78, 5) is 18.0. The zero-order valence-electron chi connectivity index (χ0n) is 8.21. The molecule has 2 N–H and O–H groups in total. The van der Waals surface area contributed by atoms with E-state index in [1.807, 2.05) is 0 Å². The standard InChI is InChI=1S/C10H14N2O2/c1-6-8(10(13)14)12-9(11-6)7-4-2-3-5-7/h7H,2-5H2,1H3,(H,11,12)(H,13,14). The lowest BCUT2D eigenvalue weighted by Crippen LogP contribution is -2.00. The molecule has 0 radical (unpaired) electrons. The van der Waals surface area contributed by atoms with Crippen LogP contribution in [-0.4, -0.2) is 21.0 Å². The van der Waals surface area contributed by atoms with Gasteiger partial charge in [-0.15, -0.1) is 0 Å². The van der Waals surface area contributed by atoms with E-state index in [1.165, 1.54) is 12.8 Å². The summed E-state index contributed by atoms with van der Waals surface area (Å²) >= 11 is 0. The van der Waals surface area contributed by atoms with Crippen molar-refractivity contribution in [3.05, 3.63) is 17.2 Å². The lowest BCUT2D eigenvalue weighted by molar-refractivity contribution is 0.0690. The van der Waals surface area contributed by atoms with Gasteiger partial charge in [0.1, 0.15) is 5.82 Å². The van der Waals surface area contributed by atoms with Gasteiger partial charge in [-0.2, -0.15) is 0 Å². The molecule has 1 fully saturated rings. The molecule has 1 aliphatic rings. The second-order valence-electron chi connectivity index (χ2n) is 3.88. The monoisotopic (exact) mass is 194 g/mol. The highest BCUT2D eigenvalue weighted by Crippen LogP contribution is 2.32. The van der Waals surface area contributed by atoms with E-state index in [0.29, 0.717) is 11.6 Å². The minimum absolute atomic E-state index is 0.173. The Kier molecular flexibility index (Phi) is 2.27. The Morgan fingerprint density at radius 1 is 1.50 bits per heavy atom. The van der Waals surface area contributed by atoms with Crippen molar-refractivity contribution in [2.45, 2.75) is 38.5 Å². The summed E-state index contributed by atoms with van der Waals surface area (Å²) in [6, 6.07) is 0. The van der Waals surface area contributed by atoms with Gasteiger partial charge in [-0.25, -0.2) is 9.78 Å². The van der Waals surface area contributed by atoms with Gasteiger partial charge in [0, 0.05) is 11.6 Å². The van der Waals surface area contributed by atoms with Crippen LogP contribution in [0.15, 0.2) is 0 Å². The van der Waals surface area contributed by atoms with Crippen molar-refractivity contribution in [1.82, 2.24) is 9.97 Å². The van der Waals surface area contributed by atoms with E-state index >= 15 is 0 Å². The Balaban J connectivity index is 2.27. The van der Waals surface area contributed by atoms with Crippen molar-refractivity contribution in [3.8, 4) is 0 Å². The number of aryl methyl sites for hydroxylation is 1. The van der Waals surface area contributed by atoms with E-state index in [4.69, 9.17) is 5.11 Å². The van der Waals surface area contributed by atoms with Gasteiger partial charge in [0.05, 0.1) is 0 Å². The van der Waals surface area contributed by atoms with E-state index in [-0.39, 0.29) is 5.69 Å². The summed E-state index contributed by atoms with van der Waals surface area (Å²) in [6.07, 6.45) is 4.72. The number of aromatic nitrogens is 2. The second-order valence-corrected chi connectivity index (χ2v) is 3.88. The molecule has 0 unspecified atom stereocenters. The summed E-state index contributed by atoms with van der Waals surface area (Å²) in [5.41, 5.74) is 0.839. The van der Waals surface area contributed by atoms with E-state index < -0.39 is 5.97 Å². The highest BCUT2D eigenvalue weighted by Gasteiger charge is 2.22. The maximum atomic E-state index is 10.8. The van der Waals surface area contributed by atoms with Crippen molar-refractivity contribution < 1.29 is 9.90 Å². The fourth-order valence-corrected chi connectivity index (χ4v) is 2.08. The van der Waals surface area contributed by atoms with Gasteiger partial charge in [-0.1, -0.05) is 12.8 Å². The van der Waals surface area contributed by atoms with Crippen LogP contribution < -0.4 is 0 Å². The highest BCUT2D eigenvalue weighted by atomic mass is 16.4. The summed E-state index contributed by atoms with van der Waals surface area (Å²) in [5.74, 6) is 0.363. The van der Waals surface area contributed by atoms with Gasteiger partial charge < -0.3 is 10.1 Å². The van der Waals surface area contributed by atoms with Crippen molar-refractivity contribution in [2.75, 3.05) is 0 Å². The summed E-state index contributed by atoms with van der Waals surface area (Å²) in [6.45, 7) is 1.76. The molecule has 1 heterocycles. The highest BCUT2D eigenvalue weighted by molar-refractivity contribution is 5.86. The van der Waals surface area contributed by atoms with Crippen LogP contribution in [-0.2, 0) is 0 Å². The molecule has 0 atom stereocenters. The maximum Gasteiger partial charge on any atom is 0.356 e. The number of carboxylic acids is 1. The van der Waals surface area contributed by atoms with E-state index in [0.717, 1.165) is 18.7 Å². The van der Waals surface area contributed by atoms with Gasteiger partial charge in [0.15, 0.2) is 5.69 Å². The number of hydrogen-bond acceptors (Lipinski definition) is 2. The summed E-state index contributed by atoms with van der Waals surface area (Å²) in [5, 5.41) is 8.84. The normalized spacial score (nSPS) is 17.5. The zero-order valence-corrected chi connectivity index (χ0v) is 8.21. The first-order chi connectivity index (χ1) is 6.68. The largest absolute Gasteiger partial charge is 0.476 e. The molecule has 4 heteroatoms. The minimum atomic E-state index is -0.942. The third kappa shape index (κ3) is 1.52. The molecule has 76 valence electrons. The number of carboxylic acid groups (broad SMARTS) is 1. The Labute approximate surface area is 82.4 Å². The first-order valence-corrected chi connectivity index (χ1v) is 4.98. The average molecular weight is 194 g/mol. The number of aromatic carboxylic acids is 1. The van der Waals surface area contributed by atoms with Crippen LogP contribution in [0.1, 0.15) is 53.6 Å². The van der Waals surface area contributed by atoms with Crippen LogP contribution in [0.25, 0.3) is 0 Å². The third-order valence-electron chi connectivity index (χ3n) is 2.85. The van der Waals surface area contributed by atoms with Gasteiger partial charge in [0.2, 0.25) is 0 Å².